The molecule has 0 unspecified atom stereocenters. The van der Waals surface area contributed by atoms with Crippen LogP contribution < -0.4 is 4.74 Å². The van der Waals surface area contributed by atoms with Gasteiger partial charge in [0.05, 0.1) is 15.0 Å². The zero-order chi connectivity index (χ0) is 10.0. The van der Waals surface area contributed by atoms with Crippen molar-refractivity contribution in [3.63, 3.8) is 0 Å². The van der Waals surface area contributed by atoms with Crippen molar-refractivity contribution in [2.24, 2.45) is 0 Å². The third kappa shape index (κ3) is 2.95. The van der Waals surface area contributed by atoms with Crippen LogP contribution in [0.3, 0.4) is 0 Å². The van der Waals surface area contributed by atoms with E-state index in [4.69, 9.17) is 4.74 Å². The summed E-state index contributed by atoms with van der Waals surface area (Å²) in [6, 6.07) is 2.75. The van der Waals surface area contributed by atoms with E-state index in [2.05, 4.69) is 31.9 Å². The number of ether oxygens (including phenoxy) is 1. The molecule has 0 aliphatic heterocycles. The first-order valence-electron chi connectivity index (χ1n) is 3.82. The summed E-state index contributed by atoms with van der Waals surface area (Å²) in [6.45, 7) is 3.84. The van der Waals surface area contributed by atoms with E-state index in [0.29, 0.717) is 14.7 Å². The molecule has 1 nitrogen and oxygen atoms in total. The minimum absolute atomic E-state index is 0.0676. The fourth-order valence-corrected chi connectivity index (χ4v) is 2.19. The fourth-order valence-electron chi connectivity index (χ4n) is 0.877. The summed E-state index contributed by atoms with van der Waals surface area (Å²) in [6.07, 6.45) is 0.0676. The predicted molar refractivity (Wildman–Crippen MR) is 57.6 cm³/mol. The molecule has 1 aromatic carbocycles. The maximum absolute atomic E-state index is 12.8. The van der Waals surface area contributed by atoms with Crippen LogP contribution in [-0.2, 0) is 0 Å². The lowest BCUT2D eigenvalue weighted by molar-refractivity contribution is 0.239. The molecule has 4 heteroatoms. The first-order valence-corrected chi connectivity index (χ1v) is 5.40. The first-order chi connectivity index (χ1) is 6.00. The van der Waals surface area contributed by atoms with Gasteiger partial charge in [0, 0.05) is 0 Å². The summed E-state index contributed by atoms with van der Waals surface area (Å²) >= 11 is 6.46. The summed E-state index contributed by atoms with van der Waals surface area (Å²) in [5, 5.41) is 0. The van der Waals surface area contributed by atoms with Crippen LogP contribution in [0.5, 0.6) is 5.75 Å². The van der Waals surface area contributed by atoms with Crippen molar-refractivity contribution in [2.75, 3.05) is 0 Å². The lowest BCUT2D eigenvalue weighted by atomic mass is 10.3. The van der Waals surface area contributed by atoms with Crippen LogP contribution in [0.15, 0.2) is 21.1 Å². The molecule has 0 atom stereocenters. The Labute approximate surface area is 93.5 Å². The van der Waals surface area contributed by atoms with Crippen LogP contribution in [0.1, 0.15) is 13.8 Å². The second kappa shape index (κ2) is 4.42. The van der Waals surface area contributed by atoms with Crippen LogP contribution in [0, 0.1) is 5.82 Å². The average molecular weight is 312 g/mol. The summed E-state index contributed by atoms with van der Waals surface area (Å²) < 4.78 is 19.5. The number of hydrogen-bond donors (Lipinski definition) is 0. The number of rotatable bonds is 2. The Balaban J connectivity index is 3.06. The van der Waals surface area contributed by atoms with Gasteiger partial charge in [0.25, 0.3) is 0 Å². The SMILES string of the molecule is CC(C)Oc1c(Br)cc(F)cc1Br. The van der Waals surface area contributed by atoms with E-state index in [9.17, 15) is 4.39 Å². The quantitative estimate of drug-likeness (QED) is 0.797. The van der Waals surface area contributed by atoms with Crippen molar-refractivity contribution in [3.05, 3.63) is 26.9 Å². The van der Waals surface area contributed by atoms with Gasteiger partial charge in [-0.25, -0.2) is 4.39 Å². The highest BCUT2D eigenvalue weighted by molar-refractivity contribution is 9.11. The molecular weight excluding hydrogens is 303 g/mol. The zero-order valence-corrected chi connectivity index (χ0v) is 10.4. The normalized spacial score (nSPS) is 10.6. The maximum Gasteiger partial charge on any atom is 0.148 e. The minimum Gasteiger partial charge on any atom is -0.489 e. The molecule has 72 valence electrons. The summed E-state index contributed by atoms with van der Waals surface area (Å²) in [7, 11) is 0. The Bertz CT molecular complexity index is 289. The molecule has 0 saturated heterocycles. The van der Waals surface area contributed by atoms with E-state index in [-0.39, 0.29) is 11.9 Å². The van der Waals surface area contributed by atoms with Gasteiger partial charge >= 0.3 is 0 Å². The Morgan fingerprint density at radius 1 is 1.23 bits per heavy atom. The fraction of sp³-hybridized carbons (Fsp3) is 0.333. The van der Waals surface area contributed by atoms with Crippen LogP contribution in [-0.4, -0.2) is 6.10 Å². The van der Waals surface area contributed by atoms with Crippen molar-refractivity contribution < 1.29 is 9.13 Å². The van der Waals surface area contributed by atoms with Crippen LogP contribution in [0.2, 0.25) is 0 Å². The number of hydrogen-bond acceptors (Lipinski definition) is 1. The molecule has 0 heterocycles. The molecule has 0 aliphatic rings. The molecule has 0 saturated carbocycles. The van der Waals surface area contributed by atoms with Gasteiger partial charge in [-0.15, -0.1) is 0 Å². The molecule has 0 N–H and O–H groups in total. The van der Waals surface area contributed by atoms with Crippen LogP contribution in [0.4, 0.5) is 4.39 Å². The van der Waals surface area contributed by atoms with Crippen LogP contribution in [0.25, 0.3) is 0 Å². The first kappa shape index (κ1) is 11.0. The summed E-state index contributed by atoms with van der Waals surface area (Å²) in [4.78, 5) is 0. The van der Waals surface area contributed by atoms with Crippen molar-refractivity contribution in [1.29, 1.82) is 0 Å². The topological polar surface area (TPSA) is 9.23 Å². The molecule has 0 fully saturated rings. The highest BCUT2D eigenvalue weighted by Crippen LogP contribution is 2.34. The number of halogens is 3. The van der Waals surface area contributed by atoms with Gasteiger partial charge in [-0.2, -0.15) is 0 Å². The highest BCUT2D eigenvalue weighted by Gasteiger charge is 2.09. The lowest BCUT2D eigenvalue weighted by Crippen LogP contribution is -2.06. The van der Waals surface area contributed by atoms with Gasteiger partial charge in [0.2, 0.25) is 0 Å². The Hall–Kier alpha value is -0.0900. The summed E-state index contributed by atoms with van der Waals surface area (Å²) in [5.41, 5.74) is 0. The van der Waals surface area contributed by atoms with Crippen LogP contribution >= 0.6 is 31.9 Å². The molecule has 13 heavy (non-hydrogen) atoms. The monoisotopic (exact) mass is 310 g/mol. The molecular formula is C9H9Br2FO. The van der Waals surface area contributed by atoms with Crippen molar-refractivity contribution in [3.8, 4) is 5.75 Å². The largest absolute Gasteiger partial charge is 0.489 e. The zero-order valence-electron chi connectivity index (χ0n) is 7.27. The van der Waals surface area contributed by atoms with E-state index in [0.717, 1.165) is 0 Å². The van der Waals surface area contributed by atoms with E-state index in [1.165, 1.54) is 12.1 Å². The molecule has 0 spiro atoms. The second-order valence-corrected chi connectivity index (χ2v) is 4.57. The molecule has 0 amide bonds. The average Bonchev–Trinajstić information content (AvgIpc) is 1.96. The smallest absolute Gasteiger partial charge is 0.148 e. The van der Waals surface area contributed by atoms with E-state index in [1.54, 1.807) is 0 Å². The van der Waals surface area contributed by atoms with Gasteiger partial charge in [0.15, 0.2) is 0 Å². The molecule has 1 rings (SSSR count). The molecule has 0 aromatic heterocycles. The van der Waals surface area contributed by atoms with Crippen molar-refractivity contribution >= 4 is 31.9 Å². The van der Waals surface area contributed by atoms with Gasteiger partial charge in [-0.1, -0.05) is 0 Å². The molecule has 1 aromatic rings. The Morgan fingerprint density at radius 2 is 1.69 bits per heavy atom. The Morgan fingerprint density at radius 3 is 2.08 bits per heavy atom. The molecule has 0 bridgehead atoms. The number of benzene rings is 1. The third-order valence-corrected chi connectivity index (χ3v) is 2.49. The van der Waals surface area contributed by atoms with E-state index >= 15 is 0 Å². The predicted octanol–water partition coefficient (Wildman–Crippen LogP) is 4.14. The van der Waals surface area contributed by atoms with Crippen molar-refractivity contribution in [2.45, 2.75) is 20.0 Å². The lowest BCUT2D eigenvalue weighted by Gasteiger charge is -2.13. The molecule has 0 aliphatic carbocycles. The van der Waals surface area contributed by atoms with E-state index < -0.39 is 0 Å². The van der Waals surface area contributed by atoms with Gasteiger partial charge in [-0.3, -0.25) is 0 Å². The Kier molecular flexibility index (Phi) is 3.74. The summed E-state index contributed by atoms with van der Waals surface area (Å²) in [5.74, 6) is 0.339. The third-order valence-electron chi connectivity index (χ3n) is 1.32. The van der Waals surface area contributed by atoms with Crippen molar-refractivity contribution in [1.82, 2.24) is 0 Å². The highest BCUT2D eigenvalue weighted by atomic mass is 79.9. The van der Waals surface area contributed by atoms with Gasteiger partial charge in [-0.05, 0) is 57.8 Å². The molecule has 0 radical (unpaired) electrons. The van der Waals surface area contributed by atoms with E-state index in [1.807, 2.05) is 13.8 Å². The second-order valence-electron chi connectivity index (χ2n) is 2.87. The maximum atomic E-state index is 12.8. The van der Waals surface area contributed by atoms with Gasteiger partial charge in [0.1, 0.15) is 11.6 Å². The minimum atomic E-state index is -0.296. The van der Waals surface area contributed by atoms with Gasteiger partial charge < -0.3 is 4.74 Å². The standard InChI is InChI=1S/C9H9Br2FO/c1-5(2)13-9-7(10)3-6(12)4-8(9)11/h3-5H,1-2H3.